The van der Waals surface area contributed by atoms with Gasteiger partial charge in [0.25, 0.3) is 0 Å². The van der Waals surface area contributed by atoms with Crippen LogP contribution in [0.1, 0.15) is 19.8 Å². The Hall–Kier alpha value is -0.870. The minimum absolute atomic E-state index is 0.143. The van der Waals surface area contributed by atoms with Gasteiger partial charge in [-0.2, -0.15) is 0 Å². The average Bonchev–Trinajstić information content (AvgIpc) is 2.98. The van der Waals surface area contributed by atoms with Gasteiger partial charge in [0.05, 0.1) is 18.5 Å². The van der Waals surface area contributed by atoms with Gasteiger partial charge in [0.2, 0.25) is 0 Å². The largest absolute Gasteiger partial charge is 0.394 e. The maximum Gasteiger partial charge on any atom is 0.0946 e. The maximum atomic E-state index is 9.62. The van der Waals surface area contributed by atoms with Crippen LogP contribution in [0.2, 0.25) is 0 Å². The van der Waals surface area contributed by atoms with Crippen molar-refractivity contribution in [2.24, 2.45) is 5.92 Å². The van der Waals surface area contributed by atoms with Crippen molar-refractivity contribution in [2.45, 2.75) is 31.8 Å². The number of aliphatic hydroxyl groups excluding tert-OH is 1. The van der Waals surface area contributed by atoms with Gasteiger partial charge >= 0.3 is 0 Å². The number of nitrogens with one attached hydrogen (secondary N) is 1. The normalized spacial score (nSPS) is 20.1. The van der Waals surface area contributed by atoms with Crippen LogP contribution >= 0.6 is 0 Å². The average molecular weight is 209 g/mol. The van der Waals surface area contributed by atoms with Crippen LogP contribution in [-0.2, 0) is 6.54 Å². The van der Waals surface area contributed by atoms with E-state index in [1.54, 1.807) is 6.20 Å². The van der Waals surface area contributed by atoms with E-state index in [4.69, 9.17) is 0 Å². The second-order valence-corrected chi connectivity index (χ2v) is 4.35. The van der Waals surface area contributed by atoms with Gasteiger partial charge in [-0.15, -0.1) is 0 Å². The lowest BCUT2D eigenvalue weighted by Crippen LogP contribution is -2.53. The molecule has 0 saturated heterocycles. The summed E-state index contributed by atoms with van der Waals surface area (Å²) in [5, 5.41) is 13.1. The zero-order valence-corrected chi connectivity index (χ0v) is 9.19. The molecular weight excluding hydrogens is 190 g/mol. The highest BCUT2D eigenvalue weighted by molar-refractivity contribution is 5.01. The molecule has 2 N–H and O–H groups in total. The Morgan fingerprint density at radius 3 is 2.87 bits per heavy atom. The first-order valence-corrected chi connectivity index (χ1v) is 5.62. The molecule has 0 aliphatic heterocycles. The topological polar surface area (TPSA) is 50.1 Å². The van der Waals surface area contributed by atoms with Crippen LogP contribution in [0.5, 0.6) is 0 Å². The third kappa shape index (κ3) is 2.21. The van der Waals surface area contributed by atoms with Gasteiger partial charge in [0, 0.05) is 18.9 Å². The molecule has 0 amide bonds. The van der Waals surface area contributed by atoms with Gasteiger partial charge in [0.15, 0.2) is 0 Å². The molecule has 0 aromatic carbocycles. The molecule has 4 heteroatoms. The van der Waals surface area contributed by atoms with Crippen molar-refractivity contribution in [1.29, 1.82) is 0 Å². The molecule has 1 saturated carbocycles. The molecular formula is C11H19N3O. The third-order valence-electron chi connectivity index (χ3n) is 3.19. The molecule has 1 fully saturated rings. The van der Waals surface area contributed by atoms with Crippen molar-refractivity contribution in [3.05, 3.63) is 18.7 Å². The van der Waals surface area contributed by atoms with E-state index in [9.17, 15) is 5.11 Å². The molecule has 1 aromatic rings. The van der Waals surface area contributed by atoms with Crippen molar-refractivity contribution in [3.63, 3.8) is 0 Å². The first kappa shape index (κ1) is 10.6. The molecule has 0 bridgehead atoms. The number of imidazole rings is 1. The third-order valence-corrected chi connectivity index (χ3v) is 3.19. The maximum absolute atomic E-state index is 9.62. The standard InChI is InChI=1S/C11H19N3O/c1-2-13-11(8-15,10-3-4-10)7-14-6-5-12-9-14/h5-6,9-10,13,15H,2-4,7-8H2,1H3. The van der Waals surface area contributed by atoms with Gasteiger partial charge in [-0.05, 0) is 25.3 Å². The highest BCUT2D eigenvalue weighted by atomic mass is 16.3. The summed E-state index contributed by atoms with van der Waals surface area (Å²) in [5.74, 6) is 0.616. The van der Waals surface area contributed by atoms with Crippen molar-refractivity contribution in [3.8, 4) is 0 Å². The number of hydrogen-bond acceptors (Lipinski definition) is 3. The smallest absolute Gasteiger partial charge is 0.0946 e. The number of aromatic nitrogens is 2. The summed E-state index contributed by atoms with van der Waals surface area (Å²) < 4.78 is 2.04. The Balaban J connectivity index is 2.09. The molecule has 1 atom stereocenters. The van der Waals surface area contributed by atoms with Gasteiger partial charge in [-0.25, -0.2) is 4.98 Å². The van der Waals surface area contributed by atoms with Crippen LogP contribution in [-0.4, -0.2) is 33.3 Å². The zero-order chi connectivity index (χ0) is 10.7. The fourth-order valence-corrected chi connectivity index (χ4v) is 2.26. The van der Waals surface area contributed by atoms with Crippen LogP contribution in [0, 0.1) is 5.92 Å². The fourth-order valence-electron chi connectivity index (χ4n) is 2.26. The number of hydrogen-bond donors (Lipinski definition) is 2. The van der Waals surface area contributed by atoms with Crippen LogP contribution in [0.25, 0.3) is 0 Å². The van der Waals surface area contributed by atoms with Crippen molar-refractivity contribution >= 4 is 0 Å². The highest BCUT2D eigenvalue weighted by Gasteiger charge is 2.44. The summed E-state index contributed by atoms with van der Waals surface area (Å²) >= 11 is 0. The molecule has 1 aliphatic carbocycles. The Morgan fingerprint density at radius 1 is 1.60 bits per heavy atom. The second kappa shape index (κ2) is 4.33. The monoisotopic (exact) mass is 209 g/mol. The van der Waals surface area contributed by atoms with E-state index < -0.39 is 0 Å². The van der Waals surface area contributed by atoms with E-state index >= 15 is 0 Å². The first-order chi connectivity index (χ1) is 7.30. The van der Waals surface area contributed by atoms with Gasteiger partial charge in [0.1, 0.15) is 0 Å². The fraction of sp³-hybridized carbons (Fsp3) is 0.727. The molecule has 0 spiro atoms. The lowest BCUT2D eigenvalue weighted by atomic mass is 9.94. The van der Waals surface area contributed by atoms with Gasteiger partial charge < -0.3 is 15.0 Å². The van der Waals surface area contributed by atoms with E-state index in [0.717, 1.165) is 13.1 Å². The Morgan fingerprint density at radius 2 is 2.40 bits per heavy atom. The molecule has 1 unspecified atom stereocenters. The van der Waals surface area contributed by atoms with Crippen LogP contribution < -0.4 is 5.32 Å². The zero-order valence-electron chi connectivity index (χ0n) is 9.19. The second-order valence-electron chi connectivity index (χ2n) is 4.35. The molecule has 0 radical (unpaired) electrons. The number of rotatable bonds is 6. The molecule has 1 aliphatic rings. The Kier molecular flexibility index (Phi) is 3.07. The van der Waals surface area contributed by atoms with E-state index in [1.807, 2.05) is 17.1 Å². The first-order valence-electron chi connectivity index (χ1n) is 5.62. The summed E-state index contributed by atoms with van der Waals surface area (Å²) in [6.07, 6.45) is 7.99. The van der Waals surface area contributed by atoms with Gasteiger partial charge in [-0.1, -0.05) is 6.92 Å². The predicted molar refractivity (Wildman–Crippen MR) is 58.4 cm³/mol. The molecule has 4 nitrogen and oxygen atoms in total. The van der Waals surface area contributed by atoms with Crippen LogP contribution in [0.4, 0.5) is 0 Å². The van der Waals surface area contributed by atoms with Crippen LogP contribution in [0.15, 0.2) is 18.7 Å². The van der Waals surface area contributed by atoms with E-state index in [0.29, 0.717) is 5.92 Å². The molecule has 2 rings (SSSR count). The van der Waals surface area contributed by atoms with Crippen molar-refractivity contribution < 1.29 is 5.11 Å². The minimum Gasteiger partial charge on any atom is -0.394 e. The Bertz CT molecular complexity index is 295. The molecule has 15 heavy (non-hydrogen) atoms. The van der Waals surface area contributed by atoms with E-state index in [-0.39, 0.29) is 12.1 Å². The minimum atomic E-state index is -0.143. The van der Waals surface area contributed by atoms with E-state index in [2.05, 4.69) is 17.2 Å². The summed E-state index contributed by atoms with van der Waals surface area (Å²) in [7, 11) is 0. The molecule has 1 heterocycles. The SMILES string of the molecule is CCNC(CO)(Cn1ccnc1)C1CC1. The van der Waals surface area contributed by atoms with Crippen molar-refractivity contribution in [1.82, 2.24) is 14.9 Å². The van der Waals surface area contributed by atoms with Crippen molar-refractivity contribution in [2.75, 3.05) is 13.2 Å². The summed E-state index contributed by atoms with van der Waals surface area (Å²) in [4.78, 5) is 4.03. The molecule has 1 aromatic heterocycles. The highest BCUT2D eigenvalue weighted by Crippen LogP contribution is 2.40. The quantitative estimate of drug-likeness (QED) is 0.722. The molecule has 84 valence electrons. The van der Waals surface area contributed by atoms with E-state index in [1.165, 1.54) is 12.8 Å². The predicted octanol–water partition coefficient (Wildman–Crippen LogP) is 0.634. The summed E-state index contributed by atoms with van der Waals surface area (Å²) in [6, 6.07) is 0. The number of nitrogens with zero attached hydrogens (tertiary/aromatic N) is 2. The summed E-state index contributed by atoms with van der Waals surface area (Å²) in [5.41, 5.74) is -0.143. The lowest BCUT2D eigenvalue weighted by Gasteiger charge is -2.33. The van der Waals surface area contributed by atoms with Gasteiger partial charge in [-0.3, -0.25) is 0 Å². The summed E-state index contributed by atoms with van der Waals surface area (Å²) in [6.45, 7) is 3.98. The number of aliphatic hydroxyl groups is 1. The van der Waals surface area contributed by atoms with Crippen LogP contribution in [0.3, 0.4) is 0 Å². The lowest BCUT2D eigenvalue weighted by molar-refractivity contribution is 0.124. The Labute approximate surface area is 90.3 Å². The number of likely N-dealkylation sites (N-methyl/N-ethyl adjacent to an activating group) is 1.